The van der Waals surface area contributed by atoms with Gasteiger partial charge in [0.1, 0.15) is 6.29 Å². The fraction of sp³-hybridized carbons (Fsp3) is 0.333. The maximum absolute atomic E-state index is 9.52. The number of hydrogen-bond donors (Lipinski definition) is 2. The largest absolute Gasteiger partial charge is 0.388 e. The molecule has 0 aliphatic carbocycles. The van der Waals surface area contributed by atoms with Crippen LogP contribution in [0, 0.1) is 6.92 Å². The minimum atomic E-state index is 0.402. The number of aldehydes is 1. The van der Waals surface area contributed by atoms with Crippen LogP contribution in [0.5, 0.6) is 0 Å². The van der Waals surface area contributed by atoms with Gasteiger partial charge in [0.2, 0.25) is 6.41 Å². The molecular formula is C12H18N2O2. The summed E-state index contributed by atoms with van der Waals surface area (Å²) in [7, 11) is 1.93. The first kappa shape index (κ1) is 14.2. The van der Waals surface area contributed by atoms with E-state index in [1.54, 1.807) is 0 Å². The highest BCUT2D eigenvalue weighted by Gasteiger charge is 1.84. The molecule has 0 aliphatic rings. The smallest absolute Gasteiger partial charge is 0.207 e. The molecule has 0 unspecified atom stereocenters. The molecule has 0 heterocycles. The molecule has 0 aromatic heterocycles. The predicted octanol–water partition coefficient (Wildman–Crippen LogP) is 1.36. The fourth-order valence-electron chi connectivity index (χ4n) is 1.00. The third kappa shape index (κ3) is 7.55. The summed E-state index contributed by atoms with van der Waals surface area (Å²) in [6.07, 6.45) is 1.73. The topological polar surface area (TPSA) is 58.2 Å². The Hall–Kier alpha value is -1.84. The van der Waals surface area contributed by atoms with Crippen molar-refractivity contribution in [2.75, 3.05) is 18.9 Å². The number of hydrogen-bond acceptors (Lipinski definition) is 3. The van der Waals surface area contributed by atoms with Gasteiger partial charge in [-0.05, 0) is 24.6 Å². The van der Waals surface area contributed by atoms with E-state index in [1.165, 1.54) is 11.3 Å². The summed E-state index contributed by atoms with van der Waals surface area (Å²) < 4.78 is 0. The van der Waals surface area contributed by atoms with Crippen LogP contribution in [-0.4, -0.2) is 26.3 Å². The van der Waals surface area contributed by atoms with Crippen molar-refractivity contribution in [2.45, 2.75) is 13.3 Å². The molecule has 1 aromatic rings. The fourth-order valence-corrected chi connectivity index (χ4v) is 1.00. The predicted molar refractivity (Wildman–Crippen MR) is 65.5 cm³/mol. The molecule has 0 aliphatic heterocycles. The maximum Gasteiger partial charge on any atom is 0.207 e. The molecule has 1 aromatic carbocycles. The second-order valence-corrected chi connectivity index (χ2v) is 3.15. The van der Waals surface area contributed by atoms with E-state index in [0.717, 1.165) is 6.29 Å². The van der Waals surface area contributed by atoms with Gasteiger partial charge in [0.15, 0.2) is 0 Å². The minimum absolute atomic E-state index is 0.402. The Balaban J connectivity index is 0.000000293. The molecule has 0 fully saturated rings. The lowest BCUT2D eigenvalue weighted by Gasteiger charge is -1.98. The van der Waals surface area contributed by atoms with Crippen LogP contribution in [0.2, 0.25) is 0 Å². The number of nitrogens with one attached hydrogen (secondary N) is 2. The average Bonchev–Trinajstić information content (AvgIpc) is 2.31. The van der Waals surface area contributed by atoms with Crippen LogP contribution >= 0.6 is 0 Å². The summed E-state index contributed by atoms with van der Waals surface area (Å²) in [5, 5.41) is 5.41. The third-order valence-corrected chi connectivity index (χ3v) is 1.80. The van der Waals surface area contributed by atoms with Crippen LogP contribution in [0.25, 0.3) is 0 Å². The van der Waals surface area contributed by atoms with Crippen LogP contribution in [0.3, 0.4) is 0 Å². The molecule has 0 saturated carbocycles. The Morgan fingerprint density at radius 3 is 2.50 bits per heavy atom. The average molecular weight is 222 g/mol. The lowest BCUT2D eigenvalue weighted by Crippen LogP contribution is -2.11. The molecule has 0 bridgehead atoms. The van der Waals surface area contributed by atoms with Crippen molar-refractivity contribution < 1.29 is 9.59 Å². The van der Waals surface area contributed by atoms with E-state index in [4.69, 9.17) is 0 Å². The molecule has 2 N–H and O–H groups in total. The Kier molecular flexibility index (Phi) is 8.59. The SMILES string of the molecule is CNc1cccc(C)c1.O=CCCNC=O. The van der Waals surface area contributed by atoms with Gasteiger partial charge >= 0.3 is 0 Å². The number of aryl methyl sites for hydroxylation is 1. The lowest BCUT2D eigenvalue weighted by atomic mass is 10.2. The van der Waals surface area contributed by atoms with Crippen molar-refractivity contribution in [3.63, 3.8) is 0 Å². The summed E-state index contributed by atoms with van der Waals surface area (Å²) in [5.74, 6) is 0. The van der Waals surface area contributed by atoms with Crippen molar-refractivity contribution in [1.29, 1.82) is 0 Å². The van der Waals surface area contributed by atoms with E-state index in [-0.39, 0.29) is 0 Å². The molecular weight excluding hydrogens is 204 g/mol. The molecule has 1 amide bonds. The lowest BCUT2D eigenvalue weighted by molar-refractivity contribution is -0.109. The van der Waals surface area contributed by atoms with E-state index < -0.39 is 0 Å². The summed E-state index contributed by atoms with van der Waals surface area (Å²) in [6.45, 7) is 2.54. The first-order chi connectivity index (χ1) is 7.74. The highest BCUT2D eigenvalue weighted by molar-refractivity contribution is 5.51. The van der Waals surface area contributed by atoms with Crippen molar-refractivity contribution in [1.82, 2.24) is 5.32 Å². The van der Waals surface area contributed by atoms with Crippen LogP contribution in [0.15, 0.2) is 24.3 Å². The van der Waals surface area contributed by atoms with Gasteiger partial charge in [-0.15, -0.1) is 0 Å². The standard InChI is InChI=1S/C8H11N.C4H7NO2/c1-7-4-3-5-8(6-7)9-2;6-3-1-2-5-4-7/h3-6,9H,1-2H3;3-4H,1-2H2,(H,5,7). The molecule has 0 spiro atoms. The Morgan fingerprint density at radius 2 is 2.06 bits per heavy atom. The van der Waals surface area contributed by atoms with E-state index in [1.807, 2.05) is 19.2 Å². The zero-order valence-electron chi connectivity index (χ0n) is 9.69. The van der Waals surface area contributed by atoms with Crippen molar-refractivity contribution in [2.24, 2.45) is 0 Å². The molecule has 4 heteroatoms. The van der Waals surface area contributed by atoms with E-state index in [0.29, 0.717) is 19.4 Å². The number of benzene rings is 1. The first-order valence-corrected chi connectivity index (χ1v) is 5.09. The molecule has 16 heavy (non-hydrogen) atoms. The van der Waals surface area contributed by atoms with Crippen molar-refractivity contribution in [3.8, 4) is 0 Å². The van der Waals surface area contributed by atoms with E-state index in [2.05, 4.69) is 29.7 Å². The second-order valence-electron chi connectivity index (χ2n) is 3.15. The third-order valence-electron chi connectivity index (χ3n) is 1.80. The molecule has 4 nitrogen and oxygen atoms in total. The van der Waals surface area contributed by atoms with Crippen LogP contribution in [-0.2, 0) is 9.59 Å². The highest BCUT2D eigenvalue weighted by Crippen LogP contribution is 2.07. The van der Waals surface area contributed by atoms with Gasteiger partial charge in [0.05, 0.1) is 0 Å². The summed E-state index contributed by atoms with van der Waals surface area (Å²) in [5.41, 5.74) is 2.47. The summed E-state index contributed by atoms with van der Waals surface area (Å²) >= 11 is 0. The Labute approximate surface area is 96.0 Å². The highest BCUT2D eigenvalue weighted by atomic mass is 16.1. The molecule has 0 atom stereocenters. The normalized spacial score (nSPS) is 8.38. The number of rotatable bonds is 5. The first-order valence-electron chi connectivity index (χ1n) is 5.09. The van der Waals surface area contributed by atoms with Crippen LogP contribution in [0.4, 0.5) is 5.69 Å². The zero-order chi connectivity index (χ0) is 12.2. The van der Waals surface area contributed by atoms with Gasteiger partial charge in [0, 0.05) is 25.7 Å². The van der Waals surface area contributed by atoms with Crippen molar-refractivity contribution >= 4 is 18.4 Å². The molecule has 88 valence electrons. The Morgan fingerprint density at radius 1 is 1.31 bits per heavy atom. The van der Waals surface area contributed by atoms with Gasteiger partial charge in [-0.3, -0.25) is 4.79 Å². The van der Waals surface area contributed by atoms with Gasteiger partial charge in [-0.2, -0.15) is 0 Å². The molecule has 1 rings (SSSR count). The summed E-state index contributed by atoms with van der Waals surface area (Å²) in [6, 6.07) is 8.29. The van der Waals surface area contributed by atoms with Gasteiger partial charge < -0.3 is 15.4 Å². The van der Waals surface area contributed by atoms with Gasteiger partial charge in [0.25, 0.3) is 0 Å². The summed E-state index contributed by atoms with van der Waals surface area (Å²) in [4.78, 5) is 19.0. The monoisotopic (exact) mass is 222 g/mol. The second kappa shape index (κ2) is 9.71. The Bertz CT molecular complexity index is 306. The van der Waals surface area contributed by atoms with Crippen LogP contribution < -0.4 is 10.6 Å². The van der Waals surface area contributed by atoms with Gasteiger partial charge in [-0.25, -0.2) is 0 Å². The maximum atomic E-state index is 9.52. The van der Waals surface area contributed by atoms with Crippen molar-refractivity contribution in [3.05, 3.63) is 29.8 Å². The zero-order valence-corrected chi connectivity index (χ0v) is 9.69. The van der Waals surface area contributed by atoms with Gasteiger partial charge in [-0.1, -0.05) is 12.1 Å². The molecule has 0 radical (unpaired) electrons. The van der Waals surface area contributed by atoms with Crippen LogP contribution in [0.1, 0.15) is 12.0 Å². The number of anilines is 1. The van der Waals surface area contributed by atoms with E-state index in [9.17, 15) is 9.59 Å². The number of carbonyl (C=O) groups excluding carboxylic acids is 2. The number of amides is 1. The number of carbonyl (C=O) groups is 2. The quantitative estimate of drug-likeness (QED) is 0.584. The molecule has 0 saturated heterocycles. The van der Waals surface area contributed by atoms with E-state index >= 15 is 0 Å². The minimum Gasteiger partial charge on any atom is -0.388 e.